The molecule has 0 aromatic heterocycles. The van der Waals surface area contributed by atoms with Crippen molar-refractivity contribution in [3.8, 4) is 0 Å². The van der Waals surface area contributed by atoms with Crippen LogP contribution in [0.4, 0.5) is 0 Å². The molecule has 1 fully saturated rings. The second-order valence-electron chi connectivity index (χ2n) is 3.02. The van der Waals surface area contributed by atoms with E-state index in [4.69, 9.17) is 0 Å². The predicted octanol–water partition coefficient (Wildman–Crippen LogP) is 1.57. The van der Waals surface area contributed by atoms with E-state index < -0.39 is 0 Å². The standard InChI is InChI=1S/C8H12OS/c9-7-5-4-6-2-1-3-8(7)10-6/h1-2,6-9H,3-5H2. The van der Waals surface area contributed by atoms with Crippen molar-refractivity contribution in [3.63, 3.8) is 0 Å². The van der Waals surface area contributed by atoms with Crippen molar-refractivity contribution < 1.29 is 5.11 Å². The van der Waals surface area contributed by atoms with Crippen molar-refractivity contribution in [3.05, 3.63) is 12.2 Å². The molecule has 0 amide bonds. The second-order valence-corrected chi connectivity index (χ2v) is 4.50. The van der Waals surface area contributed by atoms with Crippen LogP contribution in [0, 0.1) is 0 Å². The molecule has 3 atom stereocenters. The van der Waals surface area contributed by atoms with Crippen molar-refractivity contribution in [2.75, 3.05) is 0 Å². The molecular formula is C8H12OS. The van der Waals surface area contributed by atoms with Gasteiger partial charge in [-0.15, -0.1) is 11.8 Å². The van der Waals surface area contributed by atoms with E-state index in [0.29, 0.717) is 10.5 Å². The zero-order valence-electron chi connectivity index (χ0n) is 5.86. The number of rotatable bonds is 0. The molecule has 2 heteroatoms. The van der Waals surface area contributed by atoms with E-state index >= 15 is 0 Å². The maximum atomic E-state index is 9.47. The van der Waals surface area contributed by atoms with Crippen molar-refractivity contribution in [1.82, 2.24) is 0 Å². The van der Waals surface area contributed by atoms with Crippen LogP contribution in [-0.2, 0) is 0 Å². The van der Waals surface area contributed by atoms with Gasteiger partial charge in [0.1, 0.15) is 0 Å². The number of thioether (sulfide) groups is 1. The van der Waals surface area contributed by atoms with Gasteiger partial charge in [-0.2, -0.15) is 0 Å². The molecule has 56 valence electrons. The Bertz CT molecular complexity index is 155. The van der Waals surface area contributed by atoms with Gasteiger partial charge in [0.15, 0.2) is 0 Å². The van der Waals surface area contributed by atoms with E-state index in [1.807, 2.05) is 11.8 Å². The average Bonchev–Trinajstić information content (AvgIpc) is 1.99. The molecule has 2 heterocycles. The Hall–Kier alpha value is 0.0500. The Morgan fingerprint density at radius 2 is 2.30 bits per heavy atom. The predicted molar refractivity (Wildman–Crippen MR) is 44.2 cm³/mol. The fourth-order valence-electron chi connectivity index (χ4n) is 1.62. The first kappa shape index (κ1) is 6.74. The minimum absolute atomic E-state index is 0.0359. The third-order valence-electron chi connectivity index (χ3n) is 2.24. The third kappa shape index (κ3) is 1.10. The Labute approximate surface area is 65.5 Å². The quantitative estimate of drug-likeness (QED) is 0.537. The third-order valence-corrected chi connectivity index (χ3v) is 3.84. The summed E-state index contributed by atoms with van der Waals surface area (Å²) >= 11 is 1.94. The number of allylic oxidation sites excluding steroid dienone is 1. The normalized spacial score (nSPS) is 45.5. The van der Waals surface area contributed by atoms with Crippen LogP contribution in [0.25, 0.3) is 0 Å². The minimum atomic E-state index is -0.0359. The molecule has 0 aromatic carbocycles. The van der Waals surface area contributed by atoms with E-state index in [0.717, 1.165) is 12.8 Å². The maximum Gasteiger partial charge on any atom is 0.0662 e. The fraction of sp³-hybridized carbons (Fsp3) is 0.750. The molecule has 0 spiro atoms. The van der Waals surface area contributed by atoms with Crippen LogP contribution in [0.2, 0.25) is 0 Å². The molecular weight excluding hydrogens is 144 g/mol. The van der Waals surface area contributed by atoms with E-state index in [9.17, 15) is 5.11 Å². The van der Waals surface area contributed by atoms with E-state index in [1.54, 1.807) is 0 Å². The van der Waals surface area contributed by atoms with Crippen LogP contribution in [0.3, 0.4) is 0 Å². The lowest BCUT2D eigenvalue weighted by Crippen LogP contribution is -2.32. The summed E-state index contributed by atoms with van der Waals surface area (Å²) in [6.07, 6.45) is 7.71. The molecule has 0 radical (unpaired) electrons. The van der Waals surface area contributed by atoms with Crippen molar-refractivity contribution >= 4 is 11.8 Å². The van der Waals surface area contributed by atoms with Crippen molar-refractivity contribution in [2.45, 2.75) is 35.9 Å². The van der Waals surface area contributed by atoms with Gasteiger partial charge in [0.25, 0.3) is 0 Å². The first-order valence-electron chi connectivity index (χ1n) is 3.86. The first-order chi connectivity index (χ1) is 4.86. The lowest BCUT2D eigenvalue weighted by molar-refractivity contribution is 0.153. The lowest BCUT2D eigenvalue weighted by Gasteiger charge is -2.33. The highest BCUT2D eigenvalue weighted by Crippen LogP contribution is 2.37. The van der Waals surface area contributed by atoms with Crippen molar-refractivity contribution in [1.29, 1.82) is 0 Å². The summed E-state index contributed by atoms with van der Waals surface area (Å²) in [5.41, 5.74) is 0. The zero-order valence-corrected chi connectivity index (χ0v) is 6.68. The summed E-state index contributed by atoms with van der Waals surface area (Å²) < 4.78 is 0. The van der Waals surface area contributed by atoms with Gasteiger partial charge in [-0.25, -0.2) is 0 Å². The zero-order chi connectivity index (χ0) is 6.97. The highest BCUT2D eigenvalue weighted by molar-refractivity contribution is 8.00. The molecule has 3 unspecified atom stereocenters. The molecule has 2 bridgehead atoms. The van der Waals surface area contributed by atoms with Crippen LogP contribution in [0.1, 0.15) is 19.3 Å². The molecule has 10 heavy (non-hydrogen) atoms. The van der Waals surface area contributed by atoms with Gasteiger partial charge in [-0.05, 0) is 19.3 Å². The van der Waals surface area contributed by atoms with Gasteiger partial charge in [-0.3, -0.25) is 0 Å². The van der Waals surface area contributed by atoms with Crippen LogP contribution in [0.15, 0.2) is 12.2 Å². The molecule has 0 aromatic rings. The molecule has 1 saturated heterocycles. The number of hydrogen-bond acceptors (Lipinski definition) is 2. The molecule has 2 aliphatic heterocycles. The van der Waals surface area contributed by atoms with Crippen molar-refractivity contribution in [2.24, 2.45) is 0 Å². The molecule has 1 nitrogen and oxygen atoms in total. The largest absolute Gasteiger partial charge is 0.392 e. The van der Waals surface area contributed by atoms with Crippen LogP contribution < -0.4 is 0 Å². The van der Waals surface area contributed by atoms with Gasteiger partial charge in [0.05, 0.1) is 6.10 Å². The minimum Gasteiger partial charge on any atom is -0.392 e. The number of hydrogen-bond donors (Lipinski definition) is 1. The van der Waals surface area contributed by atoms with Gasteiger partial charge >= 0.3 is 0 Å². The molecule has 2 aliphatic rings. The summed E-state index contributed by atoms with van der Waals surface area (Å²) in [7, 11) is 0. The second kappa shape index (κ2) is 2.59. The fourth-order valence-corrected chi connectivity index (χ4v) is 3.09. The number of fused-ring (bicyclic) bond motifs is 2. The van der Waals surface area contributed by atoms with E-state index in [-0.39, 0.29) is 6.10 Å². The highest BCUT2D eigenvalue weighted by atomic mass is 32.2. The lowest BCUT2D eigenvalue weighted by atomic mass is 10.0. The van der Waals surface area contributed by atoms with Gasteiger partial charge in [0, 0.05) is 10.5 Å². The highest BCUT2D eigenvalue weighted by Gasteiger charge is 2.29. The topological polar surface area (TPSA) is 20.2 Å². The van der Waals surface area contributed by atoms with Gasteiger partial charge < -0.3 is 5.11 Å². The monoisotopic (exact) mass is 156 g/mol. The maximum absolute atomic E-state index is 9.47. The molecule has 2 rings (SSSR count). The summed E-state index contributed by atoms with van der Waals surface area (Å²) in [5, 5.41) is 10.7. The van der Waals surface area contributed by atoms with Crippen LogP contribution in [0.5, 0.6) is 0 Å². The summed E-state index contributed by atoms with van der Waals surface area (Å²) in [5.74, 6) is 0. The summed E-state index contributed by atoms with van der Waals surface area (Å²) in [4.78, 5) is 0. The van der Waals surface area contributed by atoms with E-state index in [1.165, 1.54) is 6.42 Å². The summed E-state index contributed by atoms with van der Waals surface area (Å²) in [6.45, 7) is 0. The SMILES string of the molecule is OC1CCC2C=CCC1S2. The van der Waals surface area contributed by atoms with Gasteiger partial charge in [-0.1, -0.05) is 12.2 Å². The van der Waals surface area contributed by atoms with E-state index in [2.05, 4.69) is 12.2 Å². The Balaban J connectivity index is 2.11. The smallest absolute Gasteiger partial charge is 0.0662 e. The van der Waals surface area contributed by atoms with Crippen LogP contribution in [-0.4, -0.2) is 21.7 Å². The first-order valence-corrected chi connectivity index (χ1v) is 4.81. The molecule has 1 N–H and O–H groups in total. The average molecular weight is 156 g/mol. The Morgan fingerprint density at radius 1 is 1.40 bits per heavy atom. The molecule has 0 aliphatic carbocycles. The number of aliphatic hydroxyl groups excluding tert-OH is 1. The Morgan fingerprint density at radius 3 is 3.10 bits per heavy atom. The Kier molecular flexibility index (Phi) is 1.75. The van der Waals surface area contributed by atoms with Gasteiger partial charge in [0.2, 0.25) is 0 Å². The summed E-state index contributed by atoms with van der Waals surface area (Å²) in [6, 6.07) is 0. The van der Waals surface area contributed by atoms with Crippen LogP contribution >= 0.6 is 11.8 Å². The number of aliphatic hydroxyl groups is 1. The molecule has 0 saturated carbocycles.